The van der Waals surface area contributed by atoms with E-state index in [1.807, 2.05) is 12.1 Å². The molecule has 0 heterocycles. The van der Waals surface area contributed by atoms with Gasteiger partial charge in [-0.2, -0.15) is 0 Å². The first kappa shape index (κ1) is 17.1. The van der Waals surface area contributed by atoms with Gasteiger partial charge in [-0.1, -0.05) is 56.6 Å². The molecule has 1 amide bonds. The van der Waals surface area contributed by atoms with E-state index in [9.17, 15) is 4.79 Å². The monoisotopic (exact) mass is 328 g/mol. The largest absolute Gasteiger partial charge is 0.397 e. The molecule has 3 nitrogen and oxygen atoms in total. The van der Waals surface area contributed by atoms with E-state index in [0.717, 1.165) is 5.56 Å². The molecule has 0 spiro atoms. The molecule has 0 aromatic heterocycles. The van der Waals surface area contributed by atoms with Crippen molar-refractivity contribution in [1.82, 2.24) is 0 Å². The summed E-state index contributed by atoms with van der Waals surface area (Å²) in [5.74, 6) is -0.216. The highest BCUT2D eigenvalue weighted by molar-refractivity contribution is 6.33. The van der Waals surface area contributed by atoms with Crippen molar-refractivity contribution in [1.29, 1.82) is 0 Å². The Morgan fingerprint density at radius 1 is 1.13 bits per heavy atom. The van der Waals surface area contributed by atoms with Crippen LogP contribution in [0, 0.1) is 0 Å². The molecule has 0 radical (unpaired) electrons. The van der Waals surface area contributed by atoms with Crippen LogP contribution in [0.5, 0.6) is 0 Å². The molecule has 4 heteroatoms. The molecular formula is C19H21ClN2O. The number of halogens is 1. The molecule has 0 atom stereocenters. The van der Waals surface area contributed by atoms with E-state index >= 15 is 0 Å². The summed E-state index contributed by atoms with van der Waals surface area (Å²) >= 11 is 5.85. The SMILES string of the molecule is CC(C)(C)c1ccc(/C=C/C(=O)Nc2ccc(Cl)c(N)c2)cc1. The zero-order valence-electron chi connectivity index (χ0n) is 13.6. The Labute approximate surface area is 142 Å². The molecule has 3 N–H and O–H groups in total. The molecule has 0 aliphatic carbocycles. The third-order valence-electron chi connectivity index (χ3n) is 3.47. The van der Waals surface area contributed by atoms with Crippen molar-refractivity contribution in [3.8, 4) is 0 Å². The average molecular weight is 329 g/mol. The molecular weight excluding hydrogens is 308 g/mol. The Kier molecular flexibility index (Phi) is 5.12. The van der Waals surface area contributed by atoms with Crippen LogP contribution >= 0.6 is 11.6 Å². The minimum absolute atomic E-state index is 0.119. The fraction of sp³-hybridized carbons (Fsp3) is 0.211. The van der Waals surface area contributed by atoms with Crippen LogP contribution in [0.4, 0.5) is 11.4 Å². The van der Waals surface area contributed by atoms with Crippen LogP contribution in [0.3, 0.4) is 0 Å². The van der Waals surface area contributed by atoms with Gasteiger partial charge in [0.1, 0.15) is 0 Å². The van der Waals surface area contributed by atoms with Gasteiger partial charge in [-0.15, -0.1) is 0 Å². The topological polar surface area (TPSA) is 55.1 Å². The lowest BCUT2D eigenvalue weighted by molar-refractivity contribution is -0.111. The fourth-order valence-electron chi connectivity index (χ4n) is 2.07. The Hall–Kier alpha value is -2.26. The number of rotatable bonds is 3. The van der Waals surface area contributed by atoms with E-state index in [-0.39, 0.29) is 11.3 Å². The Balaban J connectivity index is 2.02. The Morgan fingerprint density at radius 3 is 2.35 bits per heavy atom. The van der Waals surface area contributed by atoms with Gasteiger partial charge >= 0.3 is 0 Å². The molecule has 23 heavy (non-hydrogen) atoms. The van der Waals surface area contributed by atoms with E-state index in [1.54, 1.807) is 24.3 Å². The normalized spacial score (nSPS) is 11.7. The minimum Gasteiger partial charge on any atom is -0.397 e. The molecule has 0 saturated heterocycles. The van der Waals surface area contributed by atoms with E-state index < -0.39 is 0 Å². The zero-order chi connectivity index (χ0) is 17.0. The highest BCUT2D eigenvalue weighted by Crippen LogP contribution is 2.23. The van der Waals surface area contributed by atoms with Crippen molar-refractivity contribution < 1.29 is 4.79 Å². The van der Waals surface area contributed by atoms with E-state index in [4.69, 9.17) is 17.3 Å². The number of nitrogens with two attached hydrogens (primary N) is 1. The van der Waals surface area contributed by atoms with Gasteiger partial charge in [0, 0.05) is 11.8 Å². The minimum atomic E-state index is -0.216. The van der Waals surface area contributed by atoms with Crippen molar-refractivity contribution in [2.24, 2.45) is 0 Å². The van der Waals surface area contributed by atoms with Gasteiger partial charge in [0.05, 0.1) is 10.7 Å². The van der Waals surface area contributed by atoms with Gasteiger partial charge in [0.15, 0.2) is 0 Å². The van der Waals surface area contributed by atoms with Crippen molar-refractivity contribution in [3.05, 3.63) is 64.7 Å². The van der Waals surface area contributed by atoms with Gasteiger partial charge in [-0.25, -0.2) is 0 Å². The van der Waals surface area contributed by atoms with Crippen LogP contribution in [0.1, 0.15) is 31.9 Å². The second-order valence-electron chi connectivity index (χ2n) is 6.43. The number of nitrogen functional groups attached to an aromatic ring is 1. The molecule has 0 bridgehead atoms. The lowest BCUT2D eigenvalue weighted by Crippen LogP contribution is -2.10. The van der Waals surface area contributed by atoms with Gasteiger partial charge in [0.25, 0.3) is 0 Å². The van der Waals surface area contributed by atoms with Crippen LogP contribution in [0.2, 0.25) is 5.02 Å². The number of carbonyl (C=O) groups is 1. The van der Waals surface area contributed by atoms with Gasteiger partial charge < -0.3 is 11.1 Å². The highest BCUT2D eigenvalue weighted by atomic mass is 35.5. The third kappa shape index (κ3) is 4.86. The summed E-state index contributed by atoms with van der Waals surface area (Å²) in [6.07, 6.45) is 3.28. The maximum atomic E-state index is 11.9. The first-order chi connectivity index (χ1) is 10.8. The Morgan fingerprint density at radius 2 is 1.78 bits per heavy atom. The lowest BCUT2D eigenvalue weighted by atomic mass is 9.87. The quantitative estimate of drug-likeness (QED) is 0.623. The number of amides is 1. The molecule has 0 aliphatic rings. The third-order valence-corrected chi connectivity index (χ3v) is 3.81. The molecule has 2 aromatic carbocycles. The number of hydrogen-bond acceptors (Lipinski definition) is 2. The zero-order valence-corrected chi connectivity index (χ0v) is 14.3. The first-order valence-corrected chi connectivity index (χ1v) is 7.78. The Bertz CT molecular complexity index is 728. The van der Waals surface area contributed by atoms with Crippen molar-refractivity contribution >= 4 is 35.0 Å². The summed E-state index contributed by atoms with van der Waals surface area (Å²) in [5.41, 5.74) is 9.12. The number of nitrogens with one attached hydrogen (secondary N) is 1. The summed E-state index contributed by atoms with van der Waals surface area (Å²) in [4.78, 5) is 11.9. The molecule has 0 aliphatic heterocycles. The molecule has 0 fully saturated rings. The second-order valence-corrected chi connectivity index (χ2v) is 6.84. The predicted octanol–water partition coefficient (Wildman–Crippen LogP) is 4.87. The lowest BCUT2D eigenvalue weighted by Gasteiger charge is -2.18. The standard InChI is InChI=1S/C19H21ClN2O/c1-19(2,3)14-7-4-13(5-8-14)6-11-18(23)22-15-9-10-16(20)17(21)12-15/h4-12H,21H2,1-3H3,(H,22,23)/b11-6+. The summed E-state index contributed by atoms with van der Waals surface area (Å²) in [5, 5.41) is 3.22. The molecule has 0 unspecified atom stereocenters. The van der Waals surface area contributed by atoms with Gasteiger partial charge in [-0.3, -0.25) is 4.79 Å². The number of benzene rings is 2. The summed E-state index contributed by atoms with van der Waals surface area (Å²) in [6.45, 7) is 6.51. The van der Waals surface area contributed by atoms with Crippen LogP contribution in [0.25, 0.3) is 6.08 Å². The van der Waals surface area contributed by atoms with Crippen LogP contribution < -0.4 is 11.1 Å². The second kappa shape index (κ2) is 6.88. The smallest absolute Gasteiger partial charge is 0.248 e. The highest BCUT2D eigenvalue weighted by Gasteiger charge is 2.12. The van der Waals surface area contributed by atoms with Crippen molar-refractivity contribution in [3.63, 3.8) is 0 Å². The van der Waals surface area contributed by atoms with Crippen LogP contribution in [-0.4, -0.2) is 5.91 Å². The molecule has 120 valence electrons. The van der Waals surface area contributed by atoms with Crippen LogP contribution in [-0.2, 0) is 10.2 Å². The molecule has 0 saturated carbocycles. The number of carbonyl (C=O) groups excluding carboxylic acids is 1. The maximum Gasteiger partial charge on any atom is 0.248 e. The number of hydrogen-bond donors (Lipinski definition) is 2. The molecule has 2 aromatic rings. The molecule has 2 rings (SSSR count). The first-order valence-electron chi connectivity index (χ1n) is 7.40. The summed E-state index contributed by atoms with van der Waals surface area (Å²) in [7, 11) is 0. The van der Waals surface area contributed by atoms with Crippen LogP contribution in [0.15, 0.2) is 48.5 Å². The predicted molar refractivity (Wildman–Crippen MR) is 98.7 cm³/mol. The average Bonchev–Trinajstić information content (AvgIpc) is 2.48. The van der Waals surface area contributed by atoms with Gasteiger partial charge in [-0.05, 0) is 40.8 Å². The fourth-order valence-corrected chi connectivity index (χ4v) is 2.19. The summed E-state index contributed by atoms with van der Waals surface area (Å²) < 4.78 is 0. The summed E-state index contributed by atoms with van der Waals surface area (Å²) in [6, 6.07) is 13.2. The van der Waals surface area contributed by atoms with Crippen molar-refractivity contribution in [2.75, 3.05) is 11.1 Å². The maximum absolute atomic E-state index is 11.9. The number of anilines is 2. The van der Waals surface area contributed by atoms with Gasteiger partial charge in [0.2, 0.25) is 5.91 Å². The van der Waals surface area contributed by atoms with E-state index in [0.29, 0.717) is 16.4 Å². The van der Waals surface area contributed by atoms with E-state index in [1.165, 1.54) is 11.6 Å². The van der Waals surface area contributed by atoms with Crippen molar-refractivity contribution in [2.45, 2.75) is 26.2 Å². The van der Waals surface area contributed by atoms with E-state index in [2.05, 4.69) is 38.2 Å².